The molecule has 0 amide bonds. The number of nitrogens with zero attached hydrogens (tertiary/aromatic N) is 3. The van der Waals surface area contributed by atoms with Gasteiger partial charge in [0.1, 0.15) is 0 Å². The normalized spacial score (nSPS) is 10.6. The lowest BCUT2D eigenvalue weighted by atomic mass is 10.3. The molecule has 0 N–H and O–H groups in total. The number of imidazole rings is 1. The molecule has 0 bridgehead atoms. The number of fused-ring (bicyclic) bond motifs is 1. The zero-order valence-electron chi connectivity index (χ0n) is 9.06. The summed E-state index contributed by atoms with van der Waals surface area (Å²) < 4.78 is 1.80. The summed E-state index contributed by atoms with van der Waals surface area (Å²) in [4.78, 5) is 17.0. The minimum atomic E-state index is 0.452. The molecule has 78 valence electrons. The fraction of sp³-hybridized carbons (Fsp3) is 0.273. The van der Waals surface area contributed by atoms with E-state index in [4.69, 9.17) is 0 Å². The van der Waals surface area contributed by atoms with Crippen LogP contribution in [0, 0.1) is 6.92 Å². The van der Waals surface area contributed by atoms with Gasteiger partial charge in [0.15, 0.2) is 12.1 Å². The Labute approximate surface area is 88.2 Å². The van der Waals surface area contributed by atoms with E-state index in [1.807, 2.05) is 44.2 Å². The van der Waals surface area contributed by atoms with Crippen molar-refractivity contribution >= 4 is 17.5 Å². The predicted molar refractivity (Wildman–Crippen MR) is 59.6 cm³/mol. The average molecular weight is 203 g/mol. The largest absolute Gasteiger partial charge is 0.378 e. The number of rotatable bonds is 2. The molecule has 0 saturated heterocycles. The Morgan fingerprint density at radius 1 is 1.47 bits per heavy atom. The van der Waals surface area contributed by atoms with E-state index < -0.39 is 0 Å². The second kappa shape index (κ2) is 3.38. The molecule has 0 atom stereocenters. The van der Waals surface area contributed by atoms with Gasteiger partial charge in [-0.3, -0.25) is 9.20 Å². The number of aldehydes is 1. The van der Waals surface area contributed by atoms with E-state index in [-0.39, 0.29) is 0 Å². The monoisotopic (exact) mass is 203 g/mol. The second-order valence-corrected chi connectivity index (χ2v) is 3.71. The number of aromatic nitrogens is 2. The Bertz CT molecular complexity index is 514. The first-order chi connectivity index (χ1) is 7.13. The van der Waals surface area contributed by atoms with Crippen molar-refractivity contribution in [3.05, 3.63) is 29.8 Å². The molecule has 0 aliphatic carbocycles. The van der Waals surface area contributed by atoms with Gasteiger partial charge >= 0.3 is 0 Å². The minimum Gasteiger partial charge on any atom is -0.378 e. The molecule has 0 spiro atoms. The fourth-order valence-corrected chi connectivity index (χ4v) is 1.61. The number of carbonyl (C=O) groups is 1. The third kappa shape index (κ3) is 1.48. The maximum absolute atomic E-state index is 10.8. The van der Waals surface area contributed by atoms with Gasteiger partial charge in [0.05, 0.1) is 11.2 Å². The SMILES string of the molecule is Cc1nc(C=O)n2ccc(N(C)C)cc12. The van der Waals surface area contributed by atoms with Crippen molar-refractivity contribution in [2.75, 3.05) is 19.0 Å². The lowest BCUT2D eigenvalue weighted by Crippen LogP contribution is -2.08. The maximum Gasteiger partial charge on any atom is 0.185 e. The van der Waals surface area contributed by atoms with Gasteiger partial charge in [-0.05, 0) is 19.1 Å². The van der Waals surface area contributed by atoms with Gasteiger partial charge in [-0.15, -0.1) is 0 Å². The summed E-state index contributed by atoms with van der Waals surface area (Å²) in [5.74, 6) is 0.452. The molecule has 2 heterocycles. The Kier molecular flexibility index (Phi) is 2.19. The Morgan fingerprint density at radius 3 is 2.80 bits per heavy atom. The van der Waals surface area contributed by atoms with Crippen LogP contribution in [0.2, 0.25) is 0 Å². The van der Waals surface area contributed by atoms with Crippen molar-refractivity contribution in [3.8, 4) is 0 Å². The van der Waals surface area contributed by atoms with Gasteiger partial charge in [-0.25, -0.2) is 4.98 Å². The van der Waals surface area contributed by atoms with Crippen molar-refractivity contribution in [1.82, 2.24) is 9.38 Å². The Morgan fingerprint density at radius 2 is 2.20 bits per heavy atom. The van der Waals surface area contributed by atoms with Crippen LogP contribution in [0.15, 0.2) is 18.3 Å². The molecule has 2 aromatic heterocycles. The topological polar surface area (TPSA) is 37.6 Å². The Balaban J connectivity index is 2.72. The van der Waals surface area contributed by atoms with Crippen molar-refractivity contribution in [1.29, 1.82) is 0 Å². The highest BCUT2D eigenvalue weighted by Gasteiger charge is 2.07. The number of carbonyl (C=O) groups excluding carboxylic acids is 1. The van der Waals surface area contributed by atoms with Crippen molar-refractivity contribution in [2.24, 2.45) is 0 Å². The molecule has 15 heavy (non-hydrogen) atoms. The summed E-state index contributed by atoms with van der Waals surface area (Å²) in [5, 5.41) is 0. The lowest BCUT2D eigenvalue weighted by Gasteiger charge is -2.12. The maximum atomic E-state index is 10.8. The zero-order chi connectivity index (χ0) is 11.0. The molecule has 4 nitrogen and oxygen atoms in total. The number of hydrogen-bond donors (Lipinski definition) is 0. The summed E-state index contributed by atoms with van der Waals surface area (Å²) >= 11 is 0. The molecule has 0 saturated carbocycles. The number of pyridine rings is 1. The third-order valence-electron chi connectivity index (χ3n) is 2.46. The molecule has 0 unspecified atom stereocenters. The standard InChI is InChI=1S/C11H13N3O/c1-8-10-6-9(13(2)3)4-5-14(10)11(7-15)12-8/h4-7H,1-3H3. The fourth-order valence-electron chi connectivity index (χ4n) is 1.61. The molecule has 0 radical (unpaired) electrons. The van der Waals surface area contributed by atoms with Gasteiger partial charge in [-0.1, -0.05) is 0 Å². The van der Waals surface area contributed by atoms with Crippen molar-refractivity contribution < 1.29 is 4.79 Å². The number of aryl methyl sites for hydroxylation is 1. The van der Waals surface area contributed by atoms with Crippen molar-refractivity contribution in [3.63, 3.8) is 0 Å². The van der Waals surface area contributed by atoms with E-state index >= 15 is 0 Å². The van der Waals surface area contributed by atoms with Crippen molar-refractivity contribution in [2.45, 2.75) is 6.92 Å². The highest BCUT2D eigenvalue weighted by atomic mass is 16.1. The summed E-state index contributed by atoms with van der Waals surface area (Å²) in [6.45, 7) is 1.90. The average Bonchev–Trinajstić information content (AvgIpc) is 2.55. The molecular formula is C11H13N3O. The van der Waals surface area contributed by atoms with E-state index in [9.17, 15) is 4.79 Å². The lowest BCUT2D eigenvalue weighted by molar-refractivity contribution is 0.111. The van der Waals surface area contributed by atoms with Crippen LogP contribution < -0.4 is 4.90 Å². The van der Waals surface area contributed by atoms with Gasteiger partial charge in [0.2, 0.25) is 0 Å². The molecule has 0 fully saturated rings. The zero-order valence-corrected chi connectivity index (χ0v) is 9.06. The minimum absolute atomic E-state index is 0.452. The predicted octanol–water partition coefficient (Wildman–Crippen LogP) is 1.52. The quantitative estimate of drug-likeness (QED) is 0.694. The smallest absolute Gasteiger partial charge is 0.185 e. The molecule has 0 aliphatic heterocycles. The molecular weight excluding hydrogens is 190 g/mol. The first-order valence-corrected chi connectivity index (χ1v) is 4.74. The van der Waals surface area contributed by atoms with Gasteiger partial charge in [-0.2, -0.15) is 0 Å². The van der Waals surface area contributed by atoms with Crippen LogP contribution in [0.3, 0.4) is 0 Å². The summed E-state index contributed by atoms with van der Waals surface area (Å²) in [7, 11) is 3.97. The van der Waals surface area contributed by atoms with Crippen LogP contribution in [0.5, 0.6) is 0 Å². The number of anilines is 1. The highest BCUT2D eigenvalue weighted by Crippen LogP contribution is 2.18. The second-order valence-electron chi connectivity index (χ2n) is 3.71. The van der Waals surface area contributed by atoms with E-state index in [2.05, 4.69) is 4.98 Å². The van der Waals surface area contributed by atoms with Gasteiger partial charge < -0.3 is 4.90 Å². The van der Waals surface area contributed by atoms with Crippen LogP contribution in [-0.2, 0) is 0 Å². The molecule has 0 aliphatic rings. The third-order valence-corrected chi connectivity index (χ3v) is 2.46. The van der Waals surface area contributed by atoms with Crippen LogP contribution in [-0.4, -0.2) is 29.8 Å². The van der Waals surface area contributed by atoms with E-state index in [0.29, 0.717) is 5.82 Å². The molecule has 2 rings (SSSR count). The van der Waals surface area contributed by atoms with Crippen LogP contribution in [0.4, 0.5) is 5.69 Å². The van der Waals surface area contributed by atoms with Crippen LogP contribution in [0.25, 0.3) is 5.52 Å². The summed E-state index contributed by atoms with van der Waals surface area (Å²) in [5.41, 5.74) is 2.95. The van der Waals surface area contributed by atoms with E-state index in [0.717, 1.165) is 23.2 Å². The number of hydrogen-bond acceptors (Lipinski definition) is 3. The summed E-state index contributed by atoms with van der Waals surface area (Å²) in [6.07, 6.45) is 2.64. The highest BCUT2D eigenvalue weighted by molar-refractivity contribution is 5.75. The molecule has 4 heteroatoms. The summed E-state index contributed by atoms with van der Waals surface area (Å²) in [6, 6.07) is 3.98. The van der Waals surface area contributed by atoms with Crippen LogP contribution >= 0.6 is 0 Å². The van der Waals surface area contributed by atoms with E-state index in [1.165, 1.54) is 0 Å². The van der Waals surface area contributed by atoms with Crippen LogP contribution in [0.1, 0.15) is 16.3 Å². The van der Waals surface area contributed by atoms with E-state index in [1.54, 1.807) is 4.40 Å². The first-order valence-electron chi connectivity index (χ1n) is 4.74. The van der Waals surface area contributed by atoms with Gasteiger partial charge in [0.25, 0.3) is 0 Å². The molecule has 2 aromatic rings. The van der Waals surface area contributed by atoms with Gasteiger partial charge in [0, 0.05) is 26.0 Å². The molecule has 0 aromatic carbocycles. The first kappa shape index (κ1) is 9.71. The Hall–Kier alpha value is -1.84.